The van der Waals surface area contributed by atoms with E-state index in [-0.39, 0.29) is 5.97 Å². The number of ether oxygens (including phenoxy) is 1. The summed E-state index contributed by atoms with van der Waals surface area (Å²) in [7, 11) is 0. The van der Waals surface area contributed by atoms with Crippen LogP contribution in [0, 0.1) is 0 Å². The smallest absolute Gasteiger partial charge is 0.330 e. The summed E-state index contributed by atoms with van der Waals surface area (Å²) in [5, 5.41) is 0. The Morgan fingerprint density at radius 3 is 1.71 bits per heavy atom. The van der Waals surface area contributed by atoms with Gasteiger partial charge in [-0.05, 0) is 25.7 Å². The molecule has 0 saturated heterocycles. The van der Waals surface area contributed by atoms with Crippen LogP contribution in [-0.4, -0.2) is 12.6 Å². The third-order valence-electron chi connectivity index (χ3n) is 4.30. The van der Waals surface area contributed by atoms with Gasteiger partial charge in [-0.3, -0.25) is 0 Å². The molecule has 0 unspecified atom stereocenters. The van der Waals surface area contributed by atoms with E-state index in [0.29, 0.717) is 6.61 Å². The van der Waals surface area contributed by atoms with Gasteiger partial charge in [0.2, 0.25) is 0 Å². The maximum Gasteiger partial charge on any atom is 0.330 e. The molecule has 0 radical (unpaired) electrons. The van der Waals surface area contributed by atoms with Gasteiger partial charge in [0.25, 0.3) is 0 Å². The maximum atomic E-state index is 10.8. The van der Waals surface area contributed by atoms with Gasteiger partial charge >= 0.3 is 5.97 Å². The summed E-state index contributed by atoms with van der Waals surface area (Å²) in [6.07, 6.45) is 25.5. The number of esters is 1. The Morgan fingerprint density at radius 2 is 1.21 bits per heavy atom. The van der Waals surface area contributed by atoms with Gasteiger partial charge in [-0.15, -0.1) is 0 Å². The molecule has 0 aliphatic carbocycles. The minimum absolute atomic E-state index is 0.303. The first kappa shape index (κ1) is 22.9. The molecule has 0 atom stereocenters. The Bertz CT molecular complexity index is 307. The normalized spacial score (nSPS) is 11.0. The van der Waals surface area contributed by atoms with Crippen molar-refractivity contribution in [3.63, 3.8) is 0 Å². The molecule has 0 aliphatic rings. The van der Waals surface area contributed by atoms with Crippen LogP contribution in [-0.2, 0) is 9.53 Å². The van der Waals surface area contributed by atoms with Gasteiger partial charge in [-0.25, -0.2) is 4.79 Å². The van der Waals surface area contributed by atoms with Crippen molar-refractivity contribution < 1.29 is 9.53 Å². The third kappa shape index (κ3) is 19.0. The van der Waals surface area contributed by atoms with E-state index in [1.807, 2.05) is 0 Å². The number of rotatable bonds is 18. The van der Waals surface area contributed by atoms with Crippen LogP contribution in [0.2, 0.25) is 0 Å². The van der Waals surface area contributed by atoms with E-state index in [9.17, 15) is 4.79 Å². The minimum Gasteiger partial charge on any atom is -0.463 e. The van der Waals surface area contributed by atoms with Gasteiger partial charge < -0.3 is 4.74 Å². The standard InChI is InChI=1S/C22H40O2/c1-3-5-6-7-8-9-10-11-12-13-14-15-16-17-18-19-20-21-24-22(23)4-2/h4,6-7H,2-3,5,8-21H2,1H3/b7-6+. The number of allylic oxidation sites excluding steroid dienone is 2. The van der Waals surface area contributed by atoms with Gasteiger partial charge in [0.15, 0.2) is 0 Å². The summed E-state index contributed by atoms with van der Waals surface area (Å²) in [5.41, 5.74) is 0. The molecule has 0 spiro atoms. The van der Waals surface area contributed by atoms with E-state index in [0.717, 1.165) is 12.8 Å². The highest BCUT2D eigenvalue weighted by molar-refractivity contribution is 5.81. The molecule has 0 aromatic carbocycles. The van der Waals surface area contributed by atoms with Crippen LogP contribution in [0.25, 0.3) is 0 Å². The number of hydrogen-bond acceptors (Lipinski definition) is 2. The van der Waals surface area contributed by atoms with Crippen LogP contribution < -0.4 is 0 Å². The second-order valence-electron chi connectivity index (χ2n) is 6.66. The molecule has 0 heterocycles. The first-order valence-corrected chi connectivity index (χ1v) is 10.3. The monoisotopic (exact) mass is 336 g/mol. The third-order valence-corrected chi connectivity index (χ3v) is 4.30. The van der Waals surface area contributed by atoms with Gasteiger partial charge in [0.1, 0.15) is 0 Å². The maximum absolute atomic E-state index is 10.8. The van der Waals surface area contributed by atoms with Crippen LogP contribution in [0.1, 0.15) is 103 Å². The number of hydrogen-bond donors (Lipinski definition) is 0. The molecule has 0 aromatic heterocycles. The van der Waals surface area contributed by atoms with Gasteiger partial charge in [0, 0.05) is 6.08 Å². The topological polar surface area (TPSA) is 26.3 Å². The summed E-state index contributed by atoms with van der Waals surface area (Å²) < 4.78 is 4.95. The van der Waals surface area contributed by atoms with E-state index in [1.54, 1.807) is 0 Å². The fourth-order valence-corrected chi connectivity index (χ4v) is 2.77. The predicted octanol–water partition coefficient (Wildman–Crippen LogP) is 7.14. The largest absolute Gasteiger partial charge is 0.463 e. The van der Waals surface area contributed by atoms with Gasteiger partial charge in [-0.2, -0.15) is 0 Å². The Kier molecular flexibility index (Phi) is 19.1. The van der Waals surface area contributed by atoms with E-state index >= 15 is 0 Å². The summed E-state index contributed by atoms with van der Waals surface area (Å²) in [6, 6.07) is 0. The molecule has 0 fully saturated rings. The highest BCUT2D eigenvalue weighted by Crippen LogP contribution is 2.12. The van der Waals surface area contributed by atoms with Crippen molar-refractivity contribution in [2.45, 2.75) is 103 Å². The molecule has 0 bridgehead atoms. The SMILES string of the molecule is C=CC(=O)OCCCCCCCCCCCCCC/C=C/CCC. The lowest BCUT2D eigenvalue weighted by Gasteiger charge is -2.03. The van der Waals surface area contributed by atoms with E-state index in [4.69, 9.17) is 4.74 Å². The Hall–Kier alpha value is -1.05. The summed E-state index contributed by atoms with van der Waals surface area (Å²) >= 11 is 0. The van der Waals surface area contributed by atoms with Crippen molar-refractivity contribution in [1.29, 1.82) is 0 Å². The first-order chi connectivity index (χ1) is 11.8. The second-order valence-corrected chi connectivity index (χ2v) is 6.66. The highest BCUT2D eigenvalue weighted by Gasteiger charge is 1.96. The summed E-state index contributed by atoms with van der Waals surface area (Å²) in [5.74, 6) is -0.303. The second kappa shape index (κ2) is 20.0. The average Bonchev–Trinajstić information content (AvgIpc) is 2.60. The van der Waals surface area contributed by atoms with Crippen LogP contribution >= 0.6 is 0 Å². The summed E-state index contributed by atoms with van der Waals surface area (Å²) in [4.78, 5) is 10.8. The lowest BCUT2D eigenvalue weighted by atomic mass is 10.0. The molecule has 24 heavy (non-hydrogen) atoms. The van der Waals surface area contributed by atoms with Gasteiger partial charge in [-0.1, -0.05) is 96.3 Å². The Morgan fingerprint density at radius 1 is 0.750 bits per heavy atom. The zero-order valence-corrected chi connectivity index (χ0v) is 16.1. The molecule has 0 rings (SSSR count). The van der Waals surface area contributed by atoms with Crippen molar-refractivity contribution >= 4 is 5.97 Å². The van der Waals surface area contributed by atoms with Crippen molar-refractivity contribution in [3.8, 4) is 0 Å². The van der Waals surface area contributed by atoms with E-state index < -0.39 is 0 Å². The van der Waals surface area contributed by atoms with Crippen molar-refractivity contribution in [2.75, 3.05) is 6.61 Å². The summed E-state index contributed by atoms with van der Waals surface area (Å²) in [6.45, 7) is 6.15. The van der Waals surface area contributed by atoms with Crippen molar-refractivity contribution in [3.05, 3.63) is 24.8 Å². The van der Waals surface area contributed by atoms with E-state index in [1.165, 1.54) is 89.5 Å². The molecule has 0 aliphatic heterocycles. The quantitative estimate of drug-likeness (QED) is 0.115. The highest BCUT2D eigenvalue weighted by atomic mass is 16.5. The van der Waals surface area contributed by atoms with Crippen LogP contribution in [0.4, 0.5) is 0 Å². The zero-order valence-electron chi connectivity index (χ0n) is 16.1. The molecule has 0 saturated carbocycles. The van der Waals surface area contributed by atoms with Gasteiger partial charge in [0.05, 0.1) is 6.61 Å². The fourth-order valence-electron chi connectivity index (χ4n) is 2.77. The molecular weight excluding hydrogens is 296 g/mol. The zero-order chi connectivity index (χ0) is 17.7. The van der Waals surface area contributed by atoms with E-state index in [2.05, 4.69) is 25.7 Å². The first-order valence-electron chi connectivity index (χ1n) is 10.3. The number of unbranched alkanes of at least 4 members (excludes halogenated alkanes) is 13. The van der Waals surface area contributed by atoms with Crippen molar-refractivity contribution in [1.82, 2.24) is 0 Å². The average molecular weight is 337 g/mol. The Balaban J connectivity index is 3.05. The lowest BCUT2D eigenvalue weighted by Crippen LogP contribution is -2.01. The molecule has 2 heteroatoms. The lowest BCUT2D eigenvalue weighted by molar-refractivity contribution is -0.137. The van der Waals surface area contributed by atoms with Crippen LogP contribution in [0.5, 0.6) is 0 Å². The number of carbonyl (C=O) groups is 1. The van der Waals surface area contributed by atoms with Crippen LogP contribution in [0.15, 0.2) is 24.8 Å². The minimum atomic E-state index is -0.303. The predicted molar refractivity (Wildman–Crippen MR) is 105 cm³/mol. The molecule has 0 aromatic rings. The molecule has 0 N–H and O–H groups in total. The molecule has 140 valence electrons. The Labute approximate surface area is 150 Å². The molecular formula is C22H40O2. The molecule has 2 nitrogen and oxygen atoms in total. The van der Waals surface area contributed by atoms with Crippen molar-refractivity contribution in [2.24, 2.45) is 0 Å². The molecule has 0 amide bonds. The van der Waals surface area contributed by atoms with Crippen LogP contribution in [0.3, 0.4) is 0 Å². The fraction of sp³-hybridized carbons (Fsp3) is 0.773. The number of carbonyl (C=O) groups excluding carboxylic acids is 1.